The highest BCUT2D eigenvalue weighted by Gasteiger charge is 2.21. The maximum absolute atomic E-state index is 12.1. The summed E-state index contributed by atoms with van der Waals surface area (Å²) in [5.41, 5.74) is 1.30. The predicted molar refractivity (Wildman–Crippen MR) is 115 cm³/mol. The Kier molecular flexibility index (Phi) is 8.25. The van der Waals surface area contributed by atoms with Crippen molar-refractivity contribution in [3.63, 3.8) is 0 Å². The van der Waals surface area contributed by atoms with E-state index in [1.165, 1.54) is 0 Å². The highest BCUT2D eigenvalue weighted by atomic mass is 32.2. The summed E-state index contributed by atoms with van der Waals surface area (Å²) in [6.07, 6.45) is 0.705. The molecule has 0 aliphatic rings. The van der Waals surface area contributed by atoms with Crippen molar-refractivity contribution in [1.82, 2.24) is 5.32 Å². The molecule has 0 saturated carbocycles. The normalized spacial score (nSPS) is 12.8. The van der Waals surface area contributed by atoms with Crippen LogP contribution in [0, 0.1) is 0 Å². The molecule has 1 N–H and O–H groups in total. The van der Waals surface area contributed by atoms with Crippen molar-refractivity contribution in [2.24, 2.45) is 0 Å². The summed E-state index contributed by atoms with van der Waals surface area (Å²) in [4.78, 5) is 12.1. The Labute approximate surface area is 178 Å². The van der Waals surface area contributed by atoms with Gasteiger partial charge in [0.25, 0.3) is 10.1 Å². The van der Waals surface area contributed by atoms with E-state index in [0.717, 1.165) is 17.4 Å². The third-order valence-corrected chi connectivity index (χ3v) is 4.42. The molecule has 2 aromatic rings. The van der Waals surface area contributed by atoms with Crippen molar-refractivity contribution in [2.45, 2.75) is 45.4 Å². The minimum absolute atomic E-state index is 0.190. The van der Waals surface area contributed by atoms with Crippen molar-refractivity contribution in [2.75, 3.05) is 12.9 Å². The largest absolute Gasteiger partial charge is 0.489 e. The molecule has 0 aliphatic heterocycles. The monoisotopic (exact) mass is 435 g/mol. The topological polar surface area (TPSA) is 90.9 Å². The quantitative estimate of drug-likeness (QED) is 0.604. The van der Waals surface area contributed by atoms with E-state index in [1.807, 2.05) is 54.6 Å². The zero-order valence-electron chi connectivity index (χ0n) is 17.8. The fourth-order valence-electron chi connectivity index (χ4n) is 2.58. The van der Waals surface area contributed by atoms with Crippen LogP contribution in [0.1, 0.15) is 31.9 Å². The molecule has 0 fully saturated rings. The Morgan fingerprint density at radius 1 is 1.00 bits per heavy atom. The SMILES string of the molecule is CC(C)(C)OC(=O)N[C@H](COS(C)(=O)=O)Cc1ccc(OCc2ccccc2)cc1. The van der Waals surface area contributed by atoms with E-state index < -0.39 is 27.9 Å². The van der Waals surface area contributed by atoms with Crippen molar-refractivity contribution in [1.29, 1.82) is 0 Å². The minimum atomic E-state index is -3.63. The van der Waals surface area contributed by atoms with E-state index in [9.17, 15) is 13.2 Å². The van der Waals surface area contributed by atoms with Crippen LogP contribution in [-0.4, -0.2) is 39.0 Å². The van der Waals surface area contributed by atoms with E-state index in [1.54, 1.807) is 20.8 Å². The molecular weight excluding hydrogens is 406 g/mol. The maximum atomic E-state index is 12.1. The molecule has 0 bridgehead atoms. The number of nitrogens with one attached hydrogen (secondary N) is 1. The molecule has 164 valence electrons. The standard InChI is InChI=1S/C22H29NO6S/c1-22(2,3)29-21(24)23-19(16-28-30(4,25)26)14-17-10-12-20(13-11-17)27-15-18-8-6-5-7-9-18/h5-13,19H,14-16H2,1-4H3,(H,23,24)/t19-/m0/s1. The number of hydrogen-bond acceptors (Lipinski definition) is 6. The van der Waals surface area contributed by atoms with Gasteiger partial charge in [-0.25, -0.2) is 4.79 Å². The summed E-state index contributed by atoms with van der Waals surface area (Å²) < 4.78 is 38.6. The number of ether oxygens (including phenoxy) is 2. The molecular formula is C22H29NO6S. The van der Waals surface area contributed by atoms with Gasteiger partial charge in [0, 0.05) is 0 Å². The molecule has 0 unspecified atom stereocenters. The first kappa shape index (κ1) is 23.7. The third-order valence-electron chi connectivity index (χ3n) is 3.86. The molecule has 0 saturated heterocycles. The van der Waals surface area contributed by atoms with Crippen LogP contribution < -0.4 is 10.1 Å². The molecule has 0 radical (unpaired) electrons. The van der Waals surface area contributed by atoms with Crippen LogP contribution in [0.3, 0.4) is 0 Å². The fourth-order valence-corrected chi connectivity index (χ4v) is 2.99. The van der Waals surface area contributed by atoms with Crippen molar-refractivity contribution >= 4 is 16.2 Å². The van der Waals surface area contributed by atoms with Gasteiger partial charge in [0.1, 0.15) is 18.0 Å². The van der Waals surface area contributed by atoms with Gasteiger partial charge in [-0.3, -0.25) is 4.18 Å². The minimum Gasteiger partial charge on any atom is -0.489 e. The van der Waals surface area contributed by atoms with Gasteiger partial charge >= 0.3 is 6.09 Å². The first-order chi connectivity index (χ1) is 14.0. The van der Waals surface area contributed by atoms with Crippen molar-refractivity contribution < 1.29 is 26.9 Å². The van der Waals surface area contributed by atoms with E-state index in [-0.39, 0.29) is 6.61 Å². The summed E-state index contributed by atoms with van der Waals surface area (Å²) in [5, 5.41) is 2.67. The van der Waals surface area contributed by atoms with E-state index in [0.29, 0.717) is 18.8 Å². The van der Waals surface area contributed by atoms with Gasteiger partial charge in [0.2, 0.25) is 0 Å². The second kappa shape index (κ2) is 10.4. The number of rotatable bonds is 9. The molecule has 2 rings (SSSR count). The van der Waals surface area contributed by atoms with Crippen LogP contribution in [-0.2, 0) is 32.1 Å². The number of benzene rings is 2. The van der Waals surface area contributed by atoms with Crippen LogP contribution in [0.15, 0.2) is 54.6 Å². The second-order valence-corrected chi connectivity index (χ2v) is 9.60. The molecule has 0 heterocycles. The maximum Gasteiger partial charge on any atom is 0.407 e. The average Bonchev–Trinajstić information content (AvgIpc) is 2.64. The molecule has 30 heavy (non-hydrogen) atoms. The van der Waals surface area contributed by atoms with E-state index in [2.05, 4.69) is 5.32 Å². The lowest BCUT2D eigenvalue weighted by Gasteiger charge is -2.23. The van der Waals surface area contributed by atoms with Gasteiger partial charge in [-0.2, -0.15) is 8.42 Å². The number of hydrogen-bond donors (Lipinski definition) is 1. The molecule has 2 aromatic carbocycles. The summed E-state index contributed by atoms with van der Waals surface area (Å²) >= 11 is 0. The molecule has 0 aromatic heterocycles. The van der Waals surface area contributed by atoms with Crippen molar-refractivity contribution in [3.8, 4) is 5.75 Å². The zero-order chi connectivity index (χ0) is 22.2. The molecule has 0 aliphatic carbocycles. The Morgan fingerprint density at radius 2 is 1.63 bits per heavy atom. The summed E-state index contributed by atoms with van der Waals surface area (Å²) in [6, 6.07) is 16.7. The Bertz CT molecular complexity index is 905. The Morgan fingerprint density at radius 3 is 2.20 bits per heavy atom. The lowest BCUT2D eigenvalue weighted by Crippen LogP contribution is -2.43. The van der Waals surface area contributed by atoms with Crippen LogP contribution in [0.5, 0.6) is 5.75 Å². The smallest absolute Gasteiger partial charge is 0.407 e. The highest BCUT2D eigenvalue weighted by Crippen LogP contribution is 2.16. The first-order valence-corrected chi connectivity index (χ1v) is 11.4. The van der Waals surface area contributed by atoms with Gasteiger partial charge in [-0.05, 0) is 50.5 Å². The van der Waals surface area contributed by atoms with Gasteiger partial charge in [-0.15, -0.1) is 0 Å². The molecule has 1 amide bonds. The number of alkyl carbamates (subject to hydrolysis) is 1. The molecule has 7 nitrogen and oxygen atoms in total. The number of carbonyl (C=O) groups excluding carboxylic acids is 1. The Balaban J connectivity index is 1.98. The van der Waals surface area contributed by atoms with Crippen molar-refractivity contribution in [3.05, 3.63) is 65.7 Å². The highest BCUT2D eigenvalue weighted by molar-refractivity contribution is 7.85. The third kappa shape index (κ3) is 9.76. The number of amides is 1. The van der Waals surface area contributed by atoms with Gasteiger partial charge in [-0.1, -0.05) is 42.5 Å². The average molecular weight is 436 g/mol. The van der Waals surface area contributed by atoms with E-state index >= 15 is 0 Å². The summed E-state index contributed by atoms with van der Waals surface area (Å²) in [7, 11) is -3.63. The Hall–Kier alpha value is -2.58. The molecule has 8 heteroatoms. The van der Waals surface area contributed by atoms with Crippen LogP contribution in [0.25, 0.3) is 0 Å². The fraction of sp³-hybridized carbons (Fsp3) is 0.409. The van der Waals surface area contributed by atoms with Gasteiger partial charge in [0.15, 0.2) is 0 Å². The zero-order valence-corrected chi connectivity index (χ0v) is 18.6. The second-order valence-electron chi connectivity index (χ2n) is 7.95. The van der Waals surface area contributed by atoms with Crippen LogP contribution in [0.4, 0.5) is 4.79 Å². The summed E-state index contributed by atoms with van der Waals surface area (Å²) in [6.45, 7) is 5.53. The van der Waals surface area contributed by atoms with Crippen LogP contribution >= 0.6 is 0 Å². The lowest BCUT2D eigenvalue weighted by molar-refractivity contribution is 0.0488. The summed E-state index contributed by atoms with van der Waals surface area (Å²) in [5.74, 6) is 0.714. The van der Waals surface area contributed by atoms with E-state index in [4.69, 9.17) is 13.7 Å². The van der Waals surface area contributed by atoms with Gasteiger partial charge < -0.3 is 14.8 Å². The first-order valence-electron chi connectivity index (χ1n) is 9.60. The lowest BCUT2D eigenvalue weighted by atomic mass is 10.1. The van der Waals surface area contributed by atoms with Crippen LogP contribution in [0.2, 0.25) is 0 Å². The molecule has 0 spiro atoms. The molecule has 1 atom stereocenters. The predicted octanol–water partition coefficient (Wildman–Crippen LogP) is 3.68. The van der Waals surface area contributed by atoms with Gasteiger partial charge in [0.05, 0.1) is 18.9 Å². The number of carbonyl (C=O) groups is 1.